The van der Waals surface area contributed by atoms with Gasteiger partial charge in [0.05, 0.1) is 41.0 Å². The van der Waals surface area contributed by atoms with Gasteiger partial charge in [0.25, 0.3) is 5.69 Å². The second-order valence-electron chi connectivity index (χ2n) is 8.89. The van der Waals surface area contributed by atoms with E-state index in [1.165, 1.54) is 0 Å². The minimum absolute atomic E-state index is 0.771. The summed E-state index contributed by atoms with van der Waals surface area (Å²) in [5.74, 6) is -29.7. The minimum atomic E-state index is -2.52. The zero-order valence-electron chi connectivity index (χ0n) is 22.2. The van der Waals surface area contributed by atoms with Crippen molar-refractivity contribution in [2.24, 2.45) is 0 Å². The van der Waals surface area contributed by atoms with Crippen LogP contribution in [0.2, 0.25) is 0 Å². The molecule has 6 nitrogen and oxygen atoms in total. The summed E-state index contributed by atoms with van der Waals surface area (Å²) >= 11 is 0. The first-order valence-electron chi connectivity index (χ1n) is 11.8. The summed E-state index contributed by atoms with van der Waals surface area (Å²) in [6, 6.07) is 3.47. The largest absolute Gasteiger partial charge is 0.262 e. The van der Waals surface area contributed by atoms with E-state index in [-0.39, 0.29) is 0 Å². The van der Waals surface area contributed by atoms with Crippen molar-refractivity contribution in [1.29, 1.82) is 21.0 Å². The molecule has 1 saturated carbocycles. The Bertz CT molecular complexity index is 2070. The predicted molar refractivity (Wildman–Crippen MR) is 133 cm³/mol. The van der Waals surface area contributed by atoms with E-state index in [9.17, 15) is 36.9 Å². The highest BCUT2D eigenvalue weighted by atomic mass is 19.2. The Kier molecular flexibility index (Phi) is 8.51. The van der Waals surface area contributed by atoms with Crippen LogP contribution >= 0.6 is 0 Å². The Balaban J connectivity index is 2.38. The number of allylic oxidation sites excluding steroid dienone is 5. The Morgan fingerprint density at radius 3 is 1.02 bits per heavy atom. The molecule has 234 valence electrons. The number of halogens is 12. The lowest BCUT2D eigenvalue weighted by atomic mass is 9.99. The van der Waals surface area contributed by atoms with Gasteiger partial charge in [-0.15, -0.1) is 0 Å². The minimum Gasteiger partial charge on any atom is -0.237 e. The molecule has 1 aliphatic carbocycles. The molecule has 0 heterocycles. The van der Waals surface area contributed by atoms with E-state index < -0.39 is 137 Å². The number of nitriles is 4. The van der Waals surface area contributed by atoms with Gasteiger partial charge in [-0.05, 0) is 16.7 Å². The van der Waals surface area contributed by atoms with E-state index in [0.717, 1.165) is 24.3 Å². The van der Waals surface area contributed by atoms with E-state index in [4.69, 9.17) is 23.7 Å². The smallest absolute Gasteiger partial charge is 0.237 e. The van der Waals surface area contributed by atoms with Gasteiger partial charge >= 0.3 is 0 Å². The van der Waals surface area contributed by atoms with E-state index >= 15 is 26.3 Å². The summed E-state index contributed by atoms with van der Waals surface area (Å²) < 4.78 is 177. The fraction of sp³-hybridized carbons (Fsp3) is 0. The summed E-state index contributed by atoms with van der Waals surface area (Å²) in [7, 11) is 0. The maximum atomic E-state index is 15.0. The quantitative estimate of drug-likeness (QED) is 0.121. The van der Waals surface area contributed by atoms with E-state index in [0.29, 0.717) is 0 Å². The van der Waals surface area contributed by atoms with Gasteiger partial charge in [-0.25, -0.2) is 62.4 Å². The van der Waals surface area contributed by atoms with Crippen molar-refractivity contribution in [3.8, 4) is 24.3 Å². The van der Waals surface area contributed by atoms with Gasteiger partial charge in [0.1, 0.15) is 35.4 Å². The molecule has 0 aliphatic heterocycles. The van der Waals surface area contributed by atoms with E-state index in [2.05, 4.69) is 9.69 Å². The summed E-state index contributed by atoms with van der Waals surface area (Å²) in [4.78, 5) is 4.84. The fourth-order valence-electron chi connectivity index (χ4n) is 4.46. The van der Waals surface area contributed by atoms with Crippen LogP contribution in [-0.4, -0.2) is 0 Å². The number of nitrogens with zero attached hydrogens (tertiary/aromatic N) is 6. The van der Waals surface area contributed by atoms with Crippen LogP contribution < -0.4 is 0 Å². The molecule has 0 atom stereocenters. The molecule has 0 unspecified atom stereocenters. The third-order valence-electron chi connectivity index (χ3n) is 6.60. The van der Waals surface area contributed by atoms with Crippen LogP contribution in [0.25, 0.3) is 26.5 Å². The van der Waals surface area contributed by atoms with Crippen LogP contribution in [0.5, 0.6) is 0 Å². The summed E-state index contributed by atoms with van der Waals surface area (Å²) in [6.07, 6.45) is 0. The summed E-state index contributed by atoms with van der Waals surface area (Å²) in [6.45, 7) is 14.1. The van der Waals surface area contributed by atoms with E-state index in [1.807, 2.05) is 0 Å². The molecule has 0 radical (unpaired) electrons. The highest BCUT2D eigenvalue weighted by molar-refractivity contribution is 6.11. The SMILES string of the molecule is [C-]#[N+]C(=C1C(=C(C#N)c2c(F)c(F)c(C#N)c(F)c2F)C1=C(C#N)c1c(F)c(F)c([N+]#[C-])c(F)c1F)c1c(F)c(F)c(C#N)c(F)c1F. The molecule has 4 rings (SSSR count). The first-order valence-corrected chi connectivity index (χ1v) is 11.8. The third-order valence-corrected chi connectivity index (χ3v) is 6.60. The molecule has 0 N–H and O–H groups in total. The fourth-order valence-corrected chi connectivity index (χ4v) is 4.46. The van der Waals surface area contributed by atoms with Crippen LogP contribution in [0.1, 0.15) is 27.8 Å². The molecule has 3 aromatic rings. The van der Waals surface area contributed by atoms with Crippen molar-refractivity contribution in [3.05, 3.63) is 137 Å². The molecule has 0 saturated heterocycles. The Morgan fingerprint density at radius 2 is 0.750 bits per heavy atom. The molecule has 3 aromatic carbocycles. The van der Waals surface area contributed by atoms with Crippen molar-refractivity contribution < 1.29 is 52.7 Å². The van der Waals surface area contributed by atoms with Gasteiger partial charge in [0.2, 0.25) is 5.70 Å². The van der Waals surface area contributed by atoms with Crippen molar-refractivity contribution in [2.75, 3.05) is 0 Å². The van der Waals surface area contributed by atoms with Gasteiger partial charge in [-0.3, -0.25) is 0 Å². The lowest BCUT2D eigenvalue weighted by Gasteiger charge is -2.08. The first kappa shape index (κ1) is 33.9. The summed E-state index contributed by atoms with van der Waals surface area (Å²) in [5.41, 5.74) is -21.4. The Labute approximate surface area is 258 Å². The Morgan fingerprint density at radius 1 is 0.438 bits per heavy atom. The number of hydrogen-bond donors (Lipinski definition) is 0. The van der Waals surface area contributed by atoms with Crippen LogP contribution in [0.15, 0.2) is 16.7 Å². The average molecular weight is 672 g/mol. The predicted octanol–water partition coefficient (Wildman–Crippen LogP) is 8.25. The van der Waals surface area contributed by atoms with Crippen molar-refractivity contribution in [2.45, 2.75) is 0 Å². The second kappa shape index (κ2) is 12.1. The van der Waals surface area contributed by atoms with Crippen molar-refractivity contribution >= 4 is 22.5 Å². The first-order chi connectivity index (χ1) is 22.6. The molecule has 0 spiro atoms. The average Bonchev–Trinajstić information content (AvgIpc) is 3.78. The molecule has 1 aliphatic rings. The number of hydrogen-bond acceptors (Lipinski definition) is 4. The number of benzene rings is 3. The third kappa shape index (κ3) is 4.57. The second-order valence-corrected chi connectivity index (χ2v) is 8.89. The van der Waals surface area contributed by atoms with Gasteiger partial charge in [0.15, 0.2) is 69.8 Å². The molecule has 48 heavy (non-hydrogen) atoms. The standard InChI is InChI=1S/C30F12N6/c1-47-29(16-25(39)19(33)10(6-46)20(34)26(16)40)15-11(7(3-43)13-21(35)17(31)9(5-45)18(32)22(13)36)12(15)8(4-44)14-23(37)27(41)30(48-2)28(42)24(14)38. The molecular weight excluding hydrogens is 672 g/mol. The Hall–Kier alpha value is -7.02. The molecule has 1 fully saturated rings. The number of rotatable bonds is 3. The zero-order chi connectivity index (χ0) is 36.1. The van der Waals surface area contributed by atoms with E-state index in [1.54, 1.807) is 0 Å². The van der Waals surface area contributed by atoms with Crippen molar-refractivity contribution in [1.82, 2.24) is 0 Å². The monoisotopic (exact) mass is 672 g/mol. The van der Waals surface area contributed by atoms with Gasteiger partial charge in [-0.1, -0.05) is 0 Å². The lowest BCUT2D eigenvalue weighted by molar-refractivity contribution is 0.446. The highest BCUT2D eigenvalue weighted by Crippen LogP contribution is 2.58. The maximum Gasteiger partial charge on any atom is 0.262 e. The maximum absolute atomic E-state index is 15.0. The van der Waals surface area contributed by atoms with Gasteiger partial charge in [0, 0.05) is 0 Å². The summed E-state index contributed by atoms with van der Waals surface area (Å²) in [5, 5.41) is 37.3. The molecule has 0 bridgehead atoms. The van der Waals surface area contributed by atoms with Gasteiger partial charge in [-0.2, -0.15) is 21.0 Å². The van der Waals surface area contributed by atoms with Crippen LogP contribution in [0, 0.1) is 128 Å². The van der Waals surface area contributed by atoms with Gasteiger partial charge < -0.3 is 0 Å². The lowest BCUT2D eigenvalue weighted by Crippen LogP contribution is -2.06. The zero-order valence-corrected chi connectivity index (χ0v) is 22.2. The molecule has 0 amide bonds. The topological polar surface area (TPSA) is 104 Å². The molecule has 18 heteroatoms. The molecule has 0 aromatic heterocycles. The van der Waals surface area contributed by atoms with Crippen LogP contribution in [0.4, 0.5) is 58.4 Å². The highest BCUT2D eigenvalue weighted by Gasteiger charge is 2.46. The molecular formula is C30F12N6. The van der Waals surface area contributed by atoms with Crippen LogP contribution in [-0.2, 0) is 0 Å². The normalized spacial score (nSPS) is 14.9. The van der Waals surface area contributed by atoms with Crippen molar-refractivity contribution in [3.63, 3.8) is 0 Å². The van der Waals surface area contributed by atoms with Crippen LogP contribution in [0.3, 0.4) is 0 Å².